The van der Waals surface area contributed by atoms with Crippen LogP contribution in [0.1, 0.15) is 58.3 Å². The summed E-state index contributed by atoms with van der Waals surface area (Å²) in [6.45, 7) is 2.62. The van der Waals surface area contributed by atoms with Crippen molar-refractivity contribution in [2.24, 2.45) is 0 Å². The van der Waals surface area contributed by atoms with E-state index < -0.39 is 7.75 Å². The minimum absolute atomic E-state index is 0. The van der Waals surface area contributed by atoms with E-state index in [1.54, 1.807) is 0 Å². The second-order valence-electron chi connectivity index (χ2n) is 3.93. The van der Waals surface area contributed by atoms with Gasteiger partial charge in [0.15, 0.2) is 0 Å². The van der Waals surface area contributed by atoms with Crippen LogP contribution in [0.25, 0.3) is 0 Å². The average molecular weight is 310 g/mol. The van der Waals surface area contributed by atoms with Crippen LogP contribution in [-0.4, -0.2) is 16.3 Å². The molecular weight excluding hydrogens is 284 g/mol. The van der Waals surface area contributed by atoms with Crippen molar-refractivity contribution >= 4 is 32.6 Å². The standard InChI is InChI=1S/C10H24NO3P.2ClH/c1-2-3-4-5-6-7-8-9-10-11-15(12,13)14;;/h2-10H2,1H3,(H3,11,12,13,14);2*1H. The fourth-order valence-corrected chi connectivity index (χ4v) is 1.93. The summed E-state index contributed by atoms with van der Waals surface area (Å²) in [7, 11) is -3.99. The van der Waals surface area contributed by atoms with E-state index in [0.29, 0.717) is 6.54 Å². The molecule has 0 atom stereocenters. The first kappa shape index (κ1) is 22.8. The topological polar surface area (TPSA) is 69.6 Å². The summed E-state index contributed by atoms with van der Waals surface area (Å²) in [6.07, 6.45) is 9.52. The fraction of sp³-hybridized carbons (Fsp3) is 1.00. The lowest BCUT2D eigenvalue weighted by atomic mass is 10.1. The van der Waals surface area contributed by atoms with E-state index in [4.69, 9.17) is 9.79 Å². The number of hydrogen-bond donors (Lipinski definition) is 3. The van der Waals surface area contributed by atoms with Crippen molar-refractivity contribution in [3.63, 3.8) is 0 Å². The van der Waals surface area contributed by atoms with Gasteiger partial charge >= 0.3 is 7.75 Å². The van der Waals surface area contributed by atoms with Gasteiger partial charge in [-0.05, 0) is 6.42 Å². The third-order valence-corrected chi connectivity index (χ3v) is 2.98. The van der Waals surface area contributed by atoms with Crippen LogP contribution in [-0.2, 0) is 4.57 Å². The maximum absolute atomic E-state index is 10.4. The third kappa shape index (κ3) is 22.4. The Balaban J connectivity index is -0.000000980. The summed E-state index contributed by atoms with van der Waals surface area (Å²) < 4.78 is 10.4. The van der Waals surface area contributed by atoms with Crippen LogP contribution in [0.5, 0.6) is 0 Å². The van der Waals surface area contributed by atoms with Gasteiger partial charge in [0.05, 0.1) is 0 Å². The minimum Gasteiger partial charge on any atom is -0.313 e. The molecule has 0 fully saturated rings. The van der Waals surface area contributed by atoms with E-state index >= 15 is 0 Å². The Bertz CT molecular complexity index is 190. The predicted octanol–water partition coefficient (Wildman–Crippen LogP) is 3.65. The first-order valence-corrected chi connectivity index (χ1v) is 7.48. The first-order valence-electron chi connectivity index (χ1n) is 5.87. The maximum Gasteiger partial charge on any atom is 0.400 e. The zero-order valence-electron chi connectivity index (χ0n) is 10.4. The molecule has 0 unspecified atom stereocenters. The van der Waals surface area contributed by atoms with Crippen LogP contribution < -0.4 is 5.09 Å². The smallest absolute Gasteiger partial charge is 0.313 e. The number of hydrogen-bond acceptors (Lipinski definition) is 1. The Morgan fingerprint density at radius 2 is 1.29 bits per heavy atom. The molecule has 7 heteroatoms. The molecule has 0 aromatic rings. The molecule has 3 N–H and O–H groups in total. The highest BCUT2D eigenvalue weighted by Gasteiger charge is 2.09. The summed E-state index contributed by atoms with van der Waals surface area (Å²) >= 11 is 0. The van der Waals surface area contributed by atoms with Crippen LogP contribution in [0, 0.1) is 0 Å². The van der Waals surface area contributed by atoms with Crippen LogP contribution >= 0.6 is 32.6 Å². The minimum atomic E-state index is -3.99. The molecule has 0 heterocycles. The maximum atomic E-state index is 10.4. The quantitative estimate of drug-likeness (QED) is 0.425. The largest absolute Gasteiger partial charge is 0.400 e. The molecule has 0 aromatic carbocycles. The summed E-state index contributed by atoms with van der Waals surface area (Å²) in [6, 6.07) is 0. The van der Waals surface area contributed by atoms with Crippen molar-refractivity contribution in [1.82, 2.24) is 5.09 Å². The van der Waals surface area contributed by atoms with Crippen molar-refractivity contribution < 1.29 is 14.4 Å². The van der Waals surface area contributed by atoms with Crippen LogP contribution in [0.15, 0.2) is 0 Å². The van der Waals surface area contributed by atoms with Gasteiger partial charge in [-0.1, -0.05) is 51.9 Å². The molecule has 0 spiro atoms. The Labute approximate surface area is 117 Å². The molecule has 0 aliphatic carbocycles. The van der Waals surface area contributed by atoms with Gasteiger partial charge in [-0.3, -0.25) is 0 Å². The van der Waals surface area contributed by atoms with Crippen molar-refractivity contribution in [2.45, 2.75) is 58.3 Å². The monoisotopic (exact) mass is 309 g/mol. The highest BCUT2D eigenvalue weighted by Crippen LogP contribution is 2.27. The average Bonchev–Trinajstić information content (AvgIpc) is 2.14. The first-order chi connectivity index (χ1) is 7.06. The number of nitrogens with one attached hydrogen (secondary N) is 1. The molecule has 0 aliphatic rings. The van der Waals surface area contributed by atoms with Gasteiger partial charge in [0, 0.05) is 6.54 Å². The van der Waals surface area contributed by atoms with Gasteiger partial charge in [-0.25, -0.2) is 9.65 Å². The predicted molar refractivity (Wildman–Crippen MR) is 77.2 cm³/mol. The molecule has 0 rings (SSSR count). The molecular formula is C10H26Cl2NO3P. The summed E-state index contributed by atoms with van der Waals surface area (Å²) in [5.41, 5.74) is 0. The van der Waals surface area contributed by atoms with E-state index in [1.165, 1.54) is 38.5 Å². The fourth-order valence-electron chi connectivity index (χ4n) is 1.48. The van der Waals surface area contributed by atoms with Gasteiger partial charge in [0.2, 0.25) is 0 Å². The second kappa shape index (κ2) is 14.7. The van der Waals surface area contributed by atoms with Crippen molar-refractivity contribution in [1.29, 1.82) is 0 Å². The third-order valence-electron chi connectivity index (χ3n) is 2.35. The number of rotatable bonds is 10. The van der Waals surface area contributed by atoms with E-state index in [0.717, 1.165) is 12.8 Å². The highest BCUT2D eigenvalue weighted by molar-refractivity contribution is 7.49. The van der Waals surface area contributed by atoms with Crippen molar-refractivity contribution in [2.75, 3.05) is 6.54 Å². The molecule has 0 saturated heterocycles. The highest BCUT2D eigenvalue weighted by atomic mass is 35.5. The molecule has 108 valence electrons. The molecule has 0 aromatic heterocycles. The van der Waals surface area contributed by atoms with Crippen LogP contribution in [0.2, 0.25) is 0 Å². The molecule has 0 radical (unpaired) electrons. The normalized spacial score (nSPS) is 10.5. The summed E-state index contributed by atoms with van der Waals surface area (Å²) in [4.78, 5) is 17.0. The lowest BCUT2D eigenvalue weighted by Crippen LogP contribution is -2.10. The molecule has 0 saturated carbocycles. The van der Waals surface area contributed by atoms with Crippen LogP contribution in [0.4, 0.5) is 0 Å². The molecule has 0 amide bonds. The molecule has 0 aliphatic heterocycles. The Morgan fingerprint density at radius 3 is 1.71 bits per heavy atom. The van der Waals surface area contributed by atoms with Gasteiger partial charge in [-0.15, -0.1) is 24.8 Å². The lowest BCUT2D eigenvalue weighted by Gasteiger charge is -2.05. The van der Waals surface area contributed by atoms with Crippen molar-refractivity contribution in [3.05, 3.63) is 0 Å². The van der Waals surface area contributed by atoms with Gasteiger partial charge in [-0.2, -0.15) is 0 Å². The van der Waals surface area contributed by atoms with E-state index in [1.807, 2.05) is 0 Å². The number of halogens is 2. The van der Waals surface area contributed by atoms with E-state index in [-0.39, 0.29) is 24.8 Å². The van der Waals surface area contributed by atoms with Crippen LogP contribution in [0.3, 0.4) is 0 Å². The summed E-state index contributed by atoms with van der Waals surface area (Å²) in [5.74, 6) is 0. The zero-order chi connectivity index (χ0) is 11.6. The van der Waals surface area contributed by atoms with Crippen molar-refractivity contribution in [3.8, 4) is 0 Å². The van der Waals surface area contributed by atoms with Gasteiger partial charge in [0.25, 0.3) is 0 Å². The Kier molecular flexibility index (Phi) is 19.8. The van der Waals surface area contributed by atoms with Gasteiger partial charge < -0.3 is 9.79 Å². The lowest BCUT2D eigenvalue weighted by molar-refractivity contribution is 0.356. The van der Waals surface area contributed by atoms with E-state index in [9.17, 15) is 4.57 Å². The number of unbranched alkanes of at least 4 members (excludes halogenated alkanes) is 7. The molecule has 4 nitrogen and oxygen atoms in total. The van der Waals surface area contributed by atoms with Gasteiger partial charge in [0.1, 0.15) is 0 Å². The Morgan fingerprint density at radius 1 is 0.882 bits per heavy atom. The Hall–Kier alpha value is 0.690. The van der Waals surface area contributed by atoms with E-state index in [2.05, 4.69) is 12.0 Å². The zero-order valence-corrected chi connectivity index (χ0v) is 13.0. The summed E-state index contributed by atoms with van der Waals surface area (Å²) in [5, 5.41) is 2.20. The second-order valence-corrected chi connectivity index (χ2v) is 5.33. The SMILES string of the molecule is CCCCCCCCCCNP(=O)(O)O.Cl.Cl. The molecule has 17 heavy (non-hydrogen) atoms. The molecule has 0 bridgehead atoms.